The lowest BCUT2D eigenvalue weighted by atomic mass is 10.1. The maximum absolute atomic E-state index is 12.4. The number of hydrogen-bond donors (Lipinski definition) is 2. The number of amides is 2. The summed E-state index contributed by atoms with van der Waals surface area (Å²) in [5.41, 5.74) is 0.267. The summed E-state index contributed by atoms with van der Waals surface area (Å²) >= 11 is 2.80. The zero-order valence-electron chi connectivity index (χ0n) is 15.8. The average molecular weight is 434 g/mol. The highest BCUT2D eigenvalue weighted by Crippen LogP contribution is 2.38. The predicted molar refractivity (Wildman–Crippen MR) is 110 cm³/mol. The highest BCUT2D eigenvalue weighted by atomic mass is 32.1. The molecule has 0 saturated carbocycles. The number of ether oxygens (including phenoxy) is 3. The van der Waals surface area contributed by atoms with Crippen molar-refractivity contribution < 1.29 is 23.8 Å². The summed E-state index contributed by atoms with van der Waals surface area (Å²) in [6.07, 6.45) is 0. The lowest BCUT2D eigenvalue weighted by Crippen LogP contribution is -2.32. The first kappa shape index (κ1) is 20.6. The SMILES string of the molecule is COc1cc(C(=O)NCC(=O)Nc2nnc(-c3cccs3)s2)cc(OC)c1OC. The molecule has 2 amide bonds. The van der Waals surface area contributed by atoms with Crippen molar-refractivity contribution in [3.63, 3.8) is 0 Å². The van der Waals surface area contributed by atoms with E-state index in [0.29, 0.717) is 22.4 Å². The summed E-state index contributed by atoms with van der Waals surface area (Å²) in [5.74, 6) is 0.186. The zero-order chi connectivity index (χ0) is 20.8. The molecule has 29 heavy (non-hydrogen) atoms. The number of thiophene rings is 1. The minimum absolute atomic E-state index is 0.233. The summed E-state index contributed by atoms with van der Waals surface area (Å²) in [5, 5.41) is 16.2. The Kier molecular flexibility index (Phi) is 6.62. The van der Waals surface area contributed by atoms with Crippen LogP contribution in [0.25, 0.3) is 9.88 Å². The highest BCUT2D eigenvalue weighted by Gasteiger charge is 2.18. The first-order valence-corrected chi connectivity index (χ1v) is 10.0. The second kappa shape index (κ2) is 9.34. The van der Waals surface area contributed by atoms with Crippen LogP contribution in [0.3, 0.4) is 0 Å². The number of anilines is 1. The van der Waals surface area contributed by atoms with Gasteiger partial charge in [-0.1, -0.05) is 17.4 Å². The van der Waals surface area contributed by atoms with Gasteiger partial charge in [-0.3, -0.25) is 14.9 Å². The molecule has 0 aliphatic rings. The van der Waals surface area contributed by atoms with E-state index >= 15 is 0 Å². The lowest BCUT2D eigenvalue weighted by molar-refractivity contribution is -0.115. The molecule has 9 nitrogen and oxygen atoms in total. The Morgan fingerprint density at radius 1 is 1.07 bits per heavy atom. The molecule has 0 saturated heterocycles. The number of carbonyl (C=O) groups is 2. The minimum atomic E-state index is -0.462. The Morgan fingerprint density at radius 2 is 1.79 bits per heavy atom. The van der Waals surface area contributed by atoms with Crippen LogP contribution < -0.4 is 24.8 Å². The molecule has 2 heterocycles. The quantitative estimate of drug-likeness (QED) is 0.561. The number of nitrogens with zero attached hydrogens (tertiary/aromatic N) is 2. The van der Waals surface area contributed by atoms with E-state index in [4.69, 9.17) is 14.2 Å². The largest absolute Gasteiger partial charge is 0.493 e. The Hall–Kier alpha value is -3.18. The van der Waals surface area contributed by atoms with Crippen LogP contribution >= 0.6 is 22.7 Å². The number of hydrogen-bond acceptors (Lipinski definition) is 9. The molecule has 0 bridgehead atoms. The molecule has 0 aliphatic heterocycles. The Balaban J connectivity index is 1.61. The van der Waals surface area contributed by atoms with Gasteiger partial charge in [0.05, 0.1) is 32.8 Å². The maximum Gasteiger partial charge on any atom is 0.251 e. The fourth-order valence-electron chi connectivity index (χ4n) is 2.41. The molecular formula is C18H18N4O5S2. The molecule has 2 N–H and O–H groups in total. The van der Waals surface area contributed by atoms with E-state index in [-0.39, 0.29) is 12.1 Å². The molecule has 2 aromatic heterocycles. The zero-order valence-corrected chi connectivity index (χ0v) is 17.5. The first-order valence-electron chi connectivity index (χ1n) is 8.31. The van der Waals surface area contributed by atoms with Crippen molar-refractivity contribution >= 4 is 39.6 Å². The Morgan fingerprint density at radius 3 is 2.38 bits per heavy atom. The van der Waals surface area contributed by atoms with Crippen molar-refractivity contribution in [2.75, 3.05) is 33.2 Å². The van der Waals surface area contributed by atoms with Gasteiger partial charge in [0.2, 0.25) is 16.8 Å². The average Bonchev–Trinajstić information content (AvgIpc) is 3.42. The number of rotatable bonds is 8. The molecule has 3 aromatic rings. The Labute approximate surface area is 174 Å². The van der Waals surface area contributed by atoms with Crippen molar-refractivity contribution in [2.45, 2.75) is 0 Å². The summed E-state index contributed by atoms with van der Waals surface area (Å²) in [6.45, 7) is -0.233. The fourth-order valence-corrected chi connectivity index (χ4v) is 3.96. The topological polar surface area (TPSA) is 112 Å². The van der Waals surface area contributed by atoms with E-state index in [1.165, 1.54) is 56.1 Å². The smallest absolute Gasteiger partial charge is 0.251 e. The van der Waals surface area contributed by atoms with Gasteiger partial charge in [0.1, 0.15) is 0 Å². The van der Waals surface area contributed by atoms with E-state index in [0.717, 1.165) is 9.88 Å². The predicted octanol–water partition coefficient (Wildman–Crippen LogP) is 2.66. The van der Waals surface area contributed by atoms with E-state index in [9.17, 15) is 9.59 Å². The van der Waals surface area contributed by atoms with Crippen LogP contribution in [-0.4, -0.2) is 49.9 Å². The highest BCUT2D eigenvalue weighted by molar-refractivity contribution is 7.23. The number of aromatic nitrogens is 2. The third-order valence-electron chi connectivity index (χ3n) is 3.74. The molecule has 0 fully saturated rings. The van der Waals surface area contributed by atoms with Gasteiger partial charge in [-0.05, 0) is 23.6 Å². The molecule has 152 valence electrons. The van der Waals surface area contributed by atoms with Crippen LogP contribution in [-0.2, 0) is 4.79 Å². The standard InChI is InChI=1S/C18H18N4O5S2/c1-25-11-7-10(8-12(26-2)15(11)27-3)16(24)19-9-14(23)20-18-22-21-17(29-18)13-5-4-6-28-13/h4-8H,9H2,1-3H3,(H,19,24)(H,20,22,23). The van der Waals surface area contributed by atoms with Gasteiger partial charge in [0.15, 0.2) is 16.5 Å². The Bertz CT molecular complexity index is 979. The van der Waals surface area contributed by atoms with E-state index in [1.54, 1.807) is 0 Å². The molecule has 0 spiro atoms. The van der Waals surface area contributed by atoms with Gasteiger partial charge < -0.3 is 19.5 Å². The molecule has 0 atom stereocenters. The molecule has 1 aromatic carbocycles. The summed E-state index contributed by atoms with van der Waals surface area (Å²) in [7, 11) is 4.39. The summed E-state index contributed by atoms with van der Waals surface area (Å²) in [4.78, 5) is 25.5. The second-order valence-electron chi connectivity index (χ2n) is 5.53. The van der Waals surface area contributed by atoms with E-state index in [1.807, 2.05) is 17.5 Å². The molecular weight excluding hydrogens is 416 g/mol. The molecule has 0 unspecified atom stereocenters. The van der Waals surface area contributed by atoms with Crippen LogP contribution in [0.15, 0.2) is 29.6 Å². The van der Waals surface area contributed by atoms with Crippen molar-refractivity contribution in [3.8, 4) is 27.1 Å². The van der Waals surface area contributed by atoms with Crippen LogP contribution in [0, 0.1) is 0 Å². The van der Waals surface area contributed by atoms with Gasteiger partial charge in [-0.2, -0.15) is 0 Å². The van der Waals surface area contributed by atoms with Crippen molar-refractivity contribution in [1.82, 2.24) is 15.5 Å². The van der Waals surface area contributed by atoms with Crippen molar-refractivity contribution in [1.29, 1.82) is 0 Å². The van der Waals surface area contributed by atoms with Gasteiger partial charge >= 0.3 is 0 Å². The van der Waals surface area contributed by atoms with Crippen LogP contribution in [0.5, 0.6) is 17.2 Å². The van der Waals surface area contributed by atoms with Gasteiger partial charge in [-0.25, -0.2) is 0 Å². The fraction of sp³-hybridized carbons (Fsp3) is 0.222. The number of methoxy groups -OCH3 is 3. The minimum Gasteiger partial charge on any atom is -0.493 e. The van der Waals surface area contributed by atoms with Gasteiger partial charge in [0, 0.05) is 5.56 Å². The molecule has 3 rings (SSSR count). The second-order valence-corrected chi connectivity index (χ2v) is 7.46. The monoisotopic (exact) mass is 434 g/mol. The van der Waals surface area contributed by atoms with E-state index < -0.39 is 11.8 Å². The normalized spacial score (nSPS) is 10.3. The lowest BCUT2D eigenvalue weighted by Gasteiger charge is -2.14. The van der Waals surface area contributed by atoms with Crippen molar-refractivity contribution in [3.05, 3.63) is 35.2 Å². The van der Waals surface area contributed by atoms with Crippen LogP contribution in [0.2, 0.25) is 0 Å². The maximum atomic E-state index is 12.4. The van der Waals surface area contributed by atoms with E-state index in [2.05, 4.69) is 20.8 Å². The van der Waals surface area contributed by atoms with Crippen LogP contribution in [0.4, 0.5) is 5.13 Å². The third kappa shape index (κ3) is 4.81. The molecule has 0 radical (unpaired) electrons. The summed E-state index contributed by atoms with van der Waals surface area (Å²) < 4.78 is 15.7. The number of benzene rings is 1. The number of nitrogens with one attached hydrogen (secondary N) is 2. The van der Waals surface area contributed by atoms with Gasteiger partial charge in [0.25, 0.3) is 5.91 Å². The van der Waals surface area contributed by atoms with Crippen LogP contribution in [0.1, 0.15) is 10.4 Å². The molecule has 0 aliphatic carbocycles. The first-order chi connectivity index (χ1) is 14.0. The summed E-state index contributed by atoms with van der Waals surface area (Å²) in [6, 6.07) is 6.85. The van der Waals surface area contributed by atoms with Crippen molar-refractivity contribution in [2.24, 2.45) is 0 Å². The molecule has 11 heteroatoms. The van der Waals surface area contributed by atoms with Gasteiger partial charge in [-0.15, -0.1) is 21.5 Å². The third-order valence-corrected chi connectivity index (χ3v) is 5.62. The number of carbonyl (C=O) groups excluding carboxylic acids is 2.